The van der Waals surface area contributed by atoms with E-state index in [2.05, 4.69) is 55.5 Å². The first kappa shape index (κ1) is 15.0. The fraction of sp³-hybridized carbons (Fsp3) is 0.235. The molecule has 0 unspecified atom stereocenters. The fourth-order valence-electron chi connectivity index (χ4n) is 1.75. The van der Waals surface area contributed by atoms with Crippen molar-refractivity contribution in [2.24, 2.45) is 0 Å². The second kappa shape index (κ2) is 7.43. The van der Waals surface area contributed by atoms with Gasteiger partial charge >= 0.3 is 27.2 Å². The van der Waals surface area contributed by atoms with Gasteiger partial charge in [0.1, 0.15) is 0 Å². The minimum Gasteiger partial charge on any atom is -0.466 e. The highest BCUT2D eigenvalue weighted by molar-refractivity contribution is 5.65. The highest BCUT2D eigenvalue weighted by Gasteiger charge is 2.14. The van der Waals surface area contributed by atoms with Gasteiger partial charge in [0.2, 0.25) is 0 Å². The number of aryl methyl sites for hydroxylation is 1. The van der Waals surface area contributed by atoms with Crippen molar-refractivity contribution in [3.05, 3.63) is 66.8 Å². The zero-order valence-electron chi connectivity index (χ0n) is 11.7. The summed E-state index contributed by atoms with van der Waals surface area (Å²) < 4.78 is 7.79. The Labute approximate surface area is 130 Å². The largest absolute Gasteiger partial charge is 0.466 e. The maximum atomic E-state index is 10.7. The molecule has 0 saturated heterocycles. The van der Waals surface area contributed by atoms with E-state index in [4.69, 9.17) is 4.74 Å². The Morgan fingerprint density at radius 1 is 1.00 bits per heavy atom. The van der Waals surface area contributed by atoms with E-state index in [0.717, 1.165) is 6.42 Å². The molecular weight excluding hydrogens is 363 g/mol. The predicted octanol–water partition coefficient (Wildman–Crippen LogP) is 0.229. The second-order valence-corrected chi connectivity index (χ2v) is 7.64. The van der Waals surface area contributed by atoms with Crippen LogP contribution in [0.1, 0.15) is 18.1 Å². The summed E-state index contributed by atoms with van der Waals surface area (Å²) in [6.07, 6.45) is 0.780. The molecule has 2 aromatic carbocycles. The van der Waals surface area contributed by atoms with Crippen LogP contribution in [0, 0.1) is 14.1 Å². The summed E-state index contributed by atoms with van der Waals surface area (Å²) in [6, 6.07) is 17.4. The van der Waals surface area contributed by atoms with Gasteiger partial charge in [-0.2, -0.15) is 0 Å². The van der Waals surface area contributed by atoms with Crippen molar-refractivity contribution < 1.29 is 30.7 Å². The molecule has 2 aromatic rings. The van der Waals surface area contributed by atoms with Crippen molar-refractivity contribution in [1.82, 2.24) is 0 Å². The summed E-state index contributed by atoms with van der Waals surface area (Å²) in [5, 5.41) is 0. The number of ether oxygens (including phenoxy) is 1. The van der Waals surface area contributed by atoms with Gasteiger partial charge in [0.25, 0.3) is 0 Å². The number of benzene rings is 2. The summed E-state index contributed by atoms with van der Waals surface area (Å²) in [7, 11) is 0. The molecule has 0 aromatic heterocycles. The minimum absolute atomic E-state index is 0.106. The minimum atomic E-state index is -0.216. The van der Waals surface area contributed by atoms with E-state index in [0.29, 0.717) is 6.61 Å². The van der Waals surface area contributed by atoms with Crippen LogP contribution in [0.25, 0.3) is 0 Å². The molecule has 2 rings (SSSR count). The van der Waals surface area contributed by atoms with Gasteiger partial charge in [-0.15, -0.1) is 0 Å². The highest BCUT2D eigenvalue weighted by atomic mass is 127. The molecule has 0 aliphatic carbocycles. The topological polar surface area (TPSA) is 26.3 Å². The summed E-state index contributed by atoms with van der Waals surface area (Å²) >= 11 is -0.106. The zero-order valence-corrected chi connectivity index (χ0v) is 13.9. The molecule has 0 heterocycles. The number of hydrogen-bond acceptors (Lipinski definition) is 2. The quantitative estimate of drug-likeness (QED) is 0.548. The molecular formula is C17H18IO2+. The first-order valence-electron chi connectivity index (χ1n) is 6.57. The van der Waals surface area contributed by atoms with Crippen LogP contribution < -0.4 is 21.2 Å². The van der Waals surface area contributed by atoms with Gasteiger partial charge in [-0.3, -0.25) is 4.79 Å². The molecule has 0 aliphatic heterocycles. The summed E-state index contributed by atoms with van der Waals surface area (Å²) in [5.41, 5.74) is 2.52. The summed E-state index contributed by atoms with van der Waals surface area (Å²) in [4.78, 5) is 10.7. The van der Waals surface area contributed by atoms with E-state index in [-0.39, 0.29) is 27.2 Å². The predicted molar refractivity (Wildman–Crippen MR) is 75.4 cm³/mol. The lowest BCUT2D eigenvalue weighted by Crippen LogP contribution is -3.61. The number of carbonyl (C=O) groups excluding carboxylic acids is 1. The van der Waals surface area contributed by atoms with Crippen molar-refractivity contribution in [3.8, 4) is 0 Å². The third kappa shape index (κ3) is 4.96. The first-order chi connectivity index (χ1) is 9.63. The Morgan fingerprint density at radius 2 is 1.55 bits per heavy atom. The SMILES string of the molecule is CC(=O)OCCc1ccc([I+]c2ccc(C)cc2)cc1. The Bertz CT molecular complexity index is 559. The van der Waals surface area contributed by atoms with Crippen LogP contribution in [0.15, 0.2) is 48.5 Å². The van der Waals surface area contributed by atoms with Crippen LogP contribution in [0.4, 0.5) is 0 Å². The molecule has 0 atom stereocenters. The van der Waals surface area contributed by atoms with Gasteiger partial charge in [-0.05, 0) is 36.8 Å². The summed E-state index contributed by atoms with van der Waals surface area (Å²) in [5.74, 6) is -0.216. The first-order valence-corrected chi connectivity index (χ1v) is 8.73. The lowest BCUT2D eigenvalue weighted by molar-refractivity contribution is -0.597. The maximum Gasteiger partial charge on any atom is 0.357 e. The molecule has 3 heteroatoms. The van der Waals surface area contributed by atoms with Crippen molar-refractivity contribution >= 4 is 5.97 Å². The third-order valence-corrected chi connectivity index (χ3v) is 5.52. The zero-order chi connectivity index (χ0) is 14.4. The van der Waals surface area contributed by atoms with E-state index >= 15 is 0 Å². The molecule has 0 spiro atoms. The van der Waals surface area contributed by atoms with Crippen LogP contribution in [-0.2, 0) is 16.0 Å². The van der Waals surface area contributed by atoms with Gasteiger partial charge in [0.15, 0.2) is 7.14 Å². The van der Waals surface area contributed by atoms with Crippen LogP contribution in [0.3, 0.4) is 0 Å². The molecule has 0 aliphatic rings. The molecule has 0 fully saturated rings. The molecule has 104 valence electrons. The van der Waals surface area contributed by atoms with E-state index in [9.17, 15) is 4.79 Å². The van der Waals surface area contributed by atoms with Gasteiger partial charge in [0.05, 0.1) is 6.61 Å². The van der Waals surface area contributed by atoms with Crippen LogP contribution in [-0.4, -0.2) is 12.6 Å². The monoisotopic (exact) mass is 381 g/mol. The normalized spacial score (nSPS) is 10.3. The second-order valence-electron chi connectivity index (χ2n) is 4.61. The molecule has 20 heavy (non-hydrogen) atoms. The Hall–Kier alpha value is -1.36. The number of carbonyl (C=O) groups is 1. The van der Waals surface area contributed by atoms with Crippen molar-refractivity contribution in [2.75, 3.05) is 6.61 Å². The maximum absolute atomic E-state index is 10.7. The van der Waals surface area contributed by atoms with Crippen molar-refractivity contribution in [3.63, 3.8) is 0 Å². The number of rotatable bonds is 5. The highest BCUT2D eigenvalue weighted by Crippen LogP contribution is 2.00. The van der Waals surface area contributed by atoms with Gasteiger partial charge in [-0.25, -0.2) is 0 Å². The molecule has 0 bridgehead atoms. The Balaban J connectivity index is 1.91. The lowest BCUT2D eigenvalue weighted by Gasteiger charge is -2.01. The molecule has 0 radical (unpaired) electrons. The number of esters is 1. The third-order valence-electron chi connectivity index (χ3n) is 2.84. The van der Waals surface area contributed by atoms with Crippen LogP contribution in [0.5, 0.6) is 0 Å². The van der Waals surface area contributed by atoms with Crippen molar-refractivity contribution in [1.29, 1.82) is 0 Å². The number of hydrogen-bond donors (Lipinski definition) is 0. The van der Waals surface area contributed by atoms with E-state index in [1.54, 1.807) is 0 Å². The fourth-order valence-corrected chi connectivity index (χ4v) is 3.91. The average molecular weight is 381 g/mol. The van der Waals surface area contributed by atoms with Gasteiger partial charge in [0, 0.05) is 13.3 Å². The van der Waals surface area contributed by atoms with Gasteiger partial charge < -0.3 is 4.74 Å². The standard InChI is InChI=1S/C17H18IO2/c1-13-3-7-16(8-4-13)18-17-9-5-15(6-10-17)11-12-20-14(2)19/h3-10H,11-12H2,1-2H3/q+1. The molecule has 0 N–H and O–H groups in total. The Kier molecular flexibility index (Phi) is 5.59. The lowest BCUT2D eigenvalue weighted by atomic mass is 10.2. The molecule has 0 saturated carbocycles. The Morgan fingerprint density at radius 3 is 2.10 bits per heavy atom. The van der Waals surface area contributed by atoms with Crippen LogP contribution >= 0.6 is 0 Å². The van der Waals surface area contributed by atoms with E-state index in [1.165, 1.54) is 25.2 Å². The average Bonchev–Trinajstić information content (AvgIpc) is 2.43. The van der Waals surface area contributed by atoms with Crippen molar-refractivity contribution in [2.45, 2.75) is 20.3 Å². The smallest absolute Gasteiger partial charge is 0.357 e. The summed E-state index contributed by atoms with van der Waals surface area (Å²) in [6.45, 7) is 4.01. The molecule has 2 nitrogen and oxygen atoms in total. The van der Waals surface area contributed by atoms with Gasteiger partial charge in [-0.1, -0.05) is 29.8 Å². The van der Waals surface area contributed by atoms with E-state index < -0.39 is 0 Å². The number of halogens is 1. The van der Waals surface area contributed by atoms with Crippen LogP contribution in [0.2, 0.25) is 0 Å². The van der Waals surface area contributed by atoms with E-state index in [1.807, 2.05) is 0 Å². The molecule has 0 amide bonds.